The van der Waals surface area contributed by atoms with E-state index in [1.807, 2.05) is 30.3 Å². The molecule has 1 heterocycles. The van der Waals surface area contributed by atoms with Crippen LogP contribution in [0.25, 0.3) is 0 Å². The Morgan fingerprint density at radius 3 is 2.38 bits per heavy atom. The van der Waals surface area contributed by atoms with Gasteiger partial charge in [-0.1, -0.05) is 35.3 Å². The first kappa shape index (κ1) is 14.8. The molecule has 0 spiro atoms. The molecule has 0 fully saturated rings. The summed E-state index contributed by atoms with van der Waals surface area (Å²) in [6, 6.07) is 11.0. The van der Waals surface area contributed by atoms with Crippen molar-refractivity contribution in [3.8, 4) is 11.5 Å². The normalized spacial score (nSPS) is 15.4. The van der Waals surface area contributed by atoms with Crippen molar-refractivity contribution in [3.05, 3.63) is 57.6 Å². The first-order valence-corrected chi connectivity index (χ1v) is 7.83. The fourth-order valence-electron chi connectivity index (χ4n) is 2.24. The van der Waals surface area contributed by atoms with E-state index in [2.05, 4.69) is 0 Å². The maximum absolute atomic E-state index is 6.55. The van der Waals surface area contributed by atoms with Crippen LogP contribution in [0.3, 0.4) is 0 Å². The van der Waals surface area contributed by atoms with Crippen LogP contribution in [-0.4, -0.2) is 13.2 Å². The third-order valence-electron chi connectivity index (χ3n) is 3.28. The van der Waals surface area contributed by atoms with E-state index in [-0.39, 0.29) is 0 Å². The lowest BCUT2D eigenvalue weighted by Gasteiger charge is -2.16. The zero-order valence-electron chi connectivity index (χ0n) is 11.1. The highest BCUT2D eigenvalue weighted by Gasteiger charge is 2.20. The molecule has 1 atom stereocenters. The molecule has 0 amide bonds. The predicted octanol–water partition coefficient (Wildman–Crippen LogP) is 5.48. The van der Waals surface area contributed by atoms with Crippen LogP contribution in [-0.2, 0) is 0 Å². The van der Waals surface area contributed by atoms with E-state index in [1.54, 1.807) is 6.07 Å². The molecule has 110 valence electrons. The van der Waals surface area contributed by atoms with Crippen LogP contribution in [0, 0.1) is 0 Å². The minimum atomic E-state index is -0.395. The molecule has 2 nitrogen and oxygen atoms in total. The smallest absolute Gasteiger partial charge is 0.162 e. The second-order valence-electron chi connectivity index (χ2n) is 4.79. The summed E-state index contributed by atoms with van der Waals surface area (Å²) in [4.78, 5) is 0. The van der Waals surface area contributed by atoms with Crippen LogP contribution in [0.2, 0.25) is 10.0 Å². The molecule has 1 aliphatic heterocycles. The number of halogens is 3. The lowest BCUT2D eigenvalue weighted by Crippen LogP contribution is -1.98. The second kappa shape index (κ2) is 6.35. The molecule has 0 saturated heterocycles. The highest BCUT2D eigenvalue weighted by molar-refractivity contribution is 6.33. The average Bonchev–Trinajstić information content (AvgIpc) is 2.70. The van der Waals surface area contributed by atoms with Gasteiger partial charge in [0.2, 0.25) is 0 Å². The van der Waals surface area contributed by atoms with E-state index in [1.165, 1.54) is 0 Å². The Morgan fingerprint density at radius 2 is 1.67 bits per heavy atom. The van der Waals surface area contributed by atoms with Crippen LogP contribution >= 0.6 is 34.8 Å². The van der Waals surface area contributed by atoms with Crippen molar-refractivity contribution < 1.29 is 9.47 Å². The maximum Gasteiger partial charge on any atom is 0.162 e. The molecule has 0 aromatic heterocycles. The van der Waals surface area contributed by atoms with Crippen molar-refractivity contribution in [1.29, 1.82) is 0 Å². The van der Waals surface area contributed by atoms with E-state index in [4.69, 9.17) is 44.3 Å². The Morgan fingerprint density at radius 1 is 0.952 bits per heavy atom. The second-order valence-corrected chi connectivity index (χ2v) is 6.07. The third-order valence-corrected chi connectivity index (χ3v) is 4.33. The minimum Gasteiger partial charge on any atom is -0.490 e. The standard InChI is InChI=1S/C16H13Cl3O2/c17-11-4-1-3-10(7-11)16(19)12-8-14-15(9-13(12)18)21-6-2-5-20-14/h1,3-4,7-9,16H,2,5-6H2. The molecule has 5 heteroatoms. The van der Waals surface area contributed by atoms with Gasteiger partial charge in [-0.2, -0.15) is 0 Å². The fourth-order valence-corrected chi connectivity index (χ4v) is 3.07. The molecule has 2 aromatic rings. The van der Waals surface area contributed by atoms with E-state index in [0.717, 1.165) is 17.5 Å². The monoisotopic (exact) mass is 342 g/mol. The van der Waals surface area contributed by atoms with Crippen LogP contribution < -0.4 is 9.47 Å². The SMILES string of the molecule is Clc1cccc(C(Cl)c2cc3c(cc2Cl)OCCCO3)c1. The Bertz CT molecular complexity index is 658. The Balaban J connectivity index is 2.00. The summed E-state index contributed by atoms with van der Waals surface area (Å²) < 4.78 is 11.3. The van der Waals surface area contributed by atoms with Gasteiger partial charge in [-0.3, -0.25) is 0 Å². The summed E-state index contributed by atoms with van der Waals surface area (Å²) in [5, 5.41) is 0.802. The first-order chi connectivity index (χ1) is 10.1. The zero-order valence-corrected chi connectivity index (χ0v) is 13.4. The van der Waals surface area contributed by atoms with Crippen LogP contribution in [0.15, 0.2) is 36.4 Å². The van der Waals surface area contributed by atoms with E-state index < -0.39 is 5.38 Å². The first-order valence-electron chi connectivity index (χ1n) is 6.64. The highest BCUT2D eigenvalue weighted by Crippen LogP contribution is 2.41. The molecule has 0 aliphatic carbocycles. The summed E-state index contributed by atoms with van der Waals surface area (Å²) >= 11 is 18.9. The molecule has 3 rings (SSSR count). The lowest BCUT2D eigenvalue weighted by atomic mass is 10.0. The quantitative estimate of drug-likeness (QED) is 0.672. The summed E-state index contributed by atoms with van der Waals surface area (Å²) in [6.45, 7) is 1.25. The summed E-state index contributed by atoms with van der Waals surface area (Å²) in [5.41, 5.74) is 1.67. The Labute approximate surface area is 138 Å². The van der Waals surface area contributed by atoms with Crippen LogP contribution in [0.5, 0.6) is 11.5 Å². The van der Waals surface area contributed by atoms with Crippen molar-refractivity contribution in [3.63, 3.8) is 0 Å². The largest absolute Gasteiger partial charge is 0.490 e. The number of fused-ring (bicyclic) bond motifs is 1. The van der Waals surface area contributed by atoms with Crippen LogP contribution in [0.1, 0.15) is 22.9 Å². The van der Waals surface area contributed by atoms with E-state index in [9.17, 15) is 0 Å². The Hall–Kier alpha value is -1.09. The van der Waals surface area contributed by atoms with Crippen molar-refractivity contribution in [2.24, 2.45) is 0 Å². The van der Waals surface area contributed by atoms with Gasteiger partial charge >= 0.3 is 0 Å². The van der Waals surface area contributed by atoms with Crippen molar-refractivity contribution in [2.45, 2.75) is 11.8 Å². The van der Waals surface area contributed by atoms with Gasteiger partial charge in [0.25, 0.3) is 0 Å². The number of rotatable bonds is 2. The van der Waals surface area contributed by atoms with Crippen molar-refractivity contribution in [1.82, 2.24) is 0 Å². The van der Waals surface area contributed by atoms with Gasteiger partial charge in [0.15, 0.2) is 11.5 Å². The summed E-state index contributed by atoms with van der Waals surface area (Å²) in [6.07, 6.45) is 0.847. The predicted molar refractivity (Wildman–Crippen MR) is 86.2 cm³/mol. The molecule has 0 radical (unpaired) electrons. The van der Waals surface area contributed by atoms with Gasteiger partial charge in [0.1, 0.15) is 0 Å². The lowest BCUT2D eigenvalue weighted by molar-refractivity contribution is 0.297. The fraction of sp³-hybridized carbons (Fsp3) is 0.250. The summed E-state index contributed by atoms with van der Waals surface area (Å²) in [5.74, 6) is 1.34. The van der Waals surface area contributed by atoms with Gasteiger partial charge < -0.3 is 9.47 Å². The highest BCUT2D eigenvalue weighted by atomic mass is 35.5. The minimum absolute atomic E-state index is 0.395. The van der Waals surface area contributed by atoms with E-state index >= 15 is 0 Å². The average molecular weight is 344 g/mol. The molecule has 1 aliphatic rings. The Kier molecular flexibility index (Phi) is 4.48. The van der Waals surface area contributed by atoms with Crippen molar-refractivity contribution in [2.75, 3.05) is 13.2 Å². The van der Waals surface area contributed by atoms with Gasteiger partial charge in [-0.15, -0.1) is 11.6 Å². The summed E-state index contributed by atoms with van der Waals surface area (Å²) in [7, 11) is 0. The number of alkyl halides is 1. The third kappa shape index (κ3) is 3.23. The molecule has 21 heavy (non-hydrogen) atoms. The molecule has 0 bridgehead atoms. The van der Waals surface area contributed by atoms with Gasteiger partial charge in [0, 0.05) is 22.5 Å². The van der Waals surface area contributed by atoms with Gasteiger partial charge in [0.05, 0.1) is 18.6 Å². The van der Waals surface area contributed by atoms with E-state index in [0.29, 0.717) is 34.8 Å². The number of ether oxygens (including phenoxy) is 2. The molecule has 1 unspecified atom stereocenters. The molecular weight excluding hydrogens is 331 g/mol. The van der Waals surface area contributed by atoms with Gasteiger partial charge in [-0.05, 0) is 29.3 Å². The number of benzene rings is 2. The molecule has 0 N–H and O–H groups in total. The van der Waals surface area contributed by atoms with Crippen LogP contribution in [0.4, 0.5) is 0 Å². The molecule has 2 aromatic carbocycles. The number of hydrogen-bond acceptors (Lipinski definition) is 2. The zero-order chi connectivity index (χ0) is 14.8. The molecule has 0 saturated carbocycles. The number of hydrogen-bond donors (Lipinski definition) is 0. The molecular formula is C16H13Cl3O2. The van der Waals surface area contributed by atoms with Gasteiger partial charge in [-0.25, -0.2) is 0 Å². The van der Waals surface area contributed by atoms with Crippen molar-refractivity contribution >= 4 is 34.8 Å². The topological polar surface area (TPSA) is 18.5 Å². The maximum atomic E-state index is 6.55.